The third kappa shape index (κ3) is 23.9. The van der Waals surface area contributed by atoms with Crippen LogP contribution >= 0.6 is 11.8 Å². The van der Waals surface area contributed by atoms with E-state index >= 15 is 28.8 Å². The molecule has 5 N–H and O–H groups in total. The Kier molecular flexibility index (Phi) is 35.1. The molecule has 11 amide bonds. The zero-order chi connectivity index (χ0) is 70.5. The standard InChI is InChI=1S/C66H120N12O12S/c1-27-29-30-43(15)54(79)53-58(83)69-46(28-2)60(85)78(26)66(91-32-31-71(18)19)65(90)73(21)48(34-38(5)6)57(82)70-51(41(11)12)63(88)72(20)47(33-37(3)4)56(81)67-44(16)55(80)68-45(17)59(84)74(22)49(35-39(7)8)61(86)75(23)50(36-40(9)10)62(87)76(24)52(42(13)14)64(89)77(53)25/h27,29,37-54,66,79H,28,30-36H2,1-26H3,(H,67,81)(H,68,80)(H,69,83)(H,70,82)/t43-,44+,45-,46+,47+,48+,49+,50+,51+,52+,53+,54-,66+/m1/s1. The van der Waals surface area contributed by atoms with Gasteiger partial charge in [-0.1, -0.05) is 109 Å². The zero-order valence-electron chi connectivity index (χ0n) is 60.2. The van der Waals surface area contributed by atoms with E-state index in [-0.39, 0.29) is 55.8 Å². The van der Waals surface area contributed by atoms with Crippen LogP contribution in [-0.2, 0) is 52.7 Å². The van der Waals surface area contributed by atoms with Crippen LogP contribution in [0.4, 0.5) is 0 Å². The van der Waals surface area contributed by atoms with Crippen LogP contribution in [0.15, 0.2) is 12.2 Å². The molecule has 0 aromatic rings. The van der Waals surface area contributed by atoms with Gasteiger partial charge >= 0.3 is 0 Å². The summed E-state index contributed by atoms with van der Waals surface area (Å²) in [5, 5.41) is 22.2. The normalized spacial score (nSPS) is 26.8. The number of hydrogen-bond acceptors (Lipinski definition) is 14. The molecular formula is C66H120N12O12S. The van der Waals surface area contributed by atoms with Crippen molar-refractivity contribution in [1.29, 1.82) is 0 Å². The average molecular weight is 1310 g/mol. The molecule has 13 atom stereocenters. The second-order valence-corrected chi connectivity index (χ2v) is 29.0. The van der Waals surface area contributed by atoms with E-state index in [0.29, 0.717) is 18.7 Å². The molecule has 0 aromatic carbocycles. The fourth-order valence-electron chi connectivity index (χ4n) is 11.2. The molecule has 0 aliphatic carbocycles. The summed E-state index contributed by atoms with van der Waals surface area (Å²) >= 11 is 1.16. The minimum absolute atomic E-state index is 0.00411. The third-order valence-electron chi connectivity index (χ3n) is 17.0. The van der Waals surface area contributed by atoms with Gasteiger partial charge in [-0.25, -0.2) is 0 Å². The van der Waals surface area contributed by atoms with Crippen LogP contribution in [0.3, 0.4) is 0 Å². The highest BCUT2D eigenvalue weighted by molar-refractivity contribution is 8.00. The summed E-state index contributed by atoms with van der Waals surface area (Å²) in [6.07, 6.45) is 2.98. The van der Waals surface area contributed by atoms with Gasteiger partial charge in [0.15, 0.2) is 5.37 Å². The number of nitrogens with one attached hydrogen (secondary N) is 4. The van der Waals surface area contributed by atoms with E-state index < -0.39 is 155 Å². The molecule has 0 bridgehead atoms. The quantitative estimate of drug-likeness (QED) is 0.115. The lowest BCUT2D eigenvalue weighted by Gasteiger charge is -2.41. The molecule has 0 spiro atoms. The molecule has 0 aromatic heterocycles. The van der Waals surface area contributed by atoms with Crippen molar-refractivity contribution in [2.24, 2.45) is 41.4 Å². The molecule has 25 heteroatoms. The largest absolute Gasteiger partial charge is 0.390 e. The van der Waals surface area contributed by atoms with Crippen LogP contribution in [0.25, 0.3) is 0 Å². The minimum Gasteiger partial charge on any atom is -0.390 e. The molecule has 24 nitrogen and oxygen atoms in total. The molecule has 0 unspecified atom stereocenters. The van der Waals surface area contributed by atoms with Crippen molar-refractivity contribution in [2.75, 3.05) is 75.7 Å². The molecule has 522 valence electrons. The Morgan fingerprint density at radius 3 is 1.33 bits per heavy atom. The van der Waals surface area contributed by atoms with Gasteiger partial charge in [0.05, 0.1) is 6.10 Å². The van der Waals surface area contributed by atoms with Crippen molar-refractivity contribution in [2.45, 2.75) is 228 Å². The fourth-order valence-corrected chi connectivity index (χ4v) is 12.6. The fraction of sp³-hybridized carbons (Fsp3) is 0.803. The second-order valence-electron chi connectivity index (χ2n) is 27.8. The summed E-state index contributed by atoms with van der Waals surface area (Å²) in [5.74, 6) is -9.46. The van der Waals surface area contributed by atoms with Crippen molar-refractivity contribution >= 4 is 76.7 Å². The van der Waals surface area contributed by atoms with Gasteiger partial charge in [0.2, 0.25) is 59.1 Å². The Morgan fingerprint density at radius 2 is 0.890 bits per heavy atom. The van der Waals surface area contributed by atoms with E-state index in [2.05, 4.69) is 21.3 Å². The third-order valence-corrected chi connectivity index (χ3v) is 18.3. The Bertz CT molecular complexity index is 2480. The number of carbonyl (C=O) groups is 11. The van der Waals surface area contributed by atoms with E-state index in [9.17, 15) is 29.1 Å². The van der Waals surface area contributed by atoms with Gasteiger partial charge in [0, 0.05) is 61.6 Å². The van der Waals surface area contributed by atoms with Crippen molar-refractivity contribution in [1.82, 2.24) is 60.5 Å². The van der Waals surface area contributed by atoms with Gasteiger partial charge < -0.3 is 65.6 Å². The number of amides is 11. The van der Waals surface area contributed by atoms with Crippen LogP contribution in [0.1, 0.15) is 156 Å². The smallest absolute Gasteiger partial charge is 0.256 e. The summed E-state index contributed by atoms with van der Waals surface area (Å²) < 4.78 is 0. The Labute approximate surface area is 550 Å². The van der Waals surface area contributed by atoms with Gasteiger partial charge in [0.1, 0.15) is 60.4 Å². The van der Waals surface area contributed by atoms with Crippen LogP contribution in [0, 0.1) is 41.4 Å². The number of hydrogen-bond donors (Lipinski definition) is 5. The number of aliphatic hydroxyl groups excluding tert-OH is 1. The summed E-state index contributed by atoms with van der Waals surface area (Å²) in [6.45, 7) is 30.5. The van der Waals surface area contributed by atoms with Gasteiger partial charge in [-0.05, 0) is 115 Å². The average Bonchev–Trinajstić information content (AvgIpc) is 0.906. The maximum absolute atomic E-state index is 15.3. The number of thioether (sulfide) groups is 1. The predicted octanol–water partition coefficient (Wildman–Crippen LogP) is 3.89. The lowest BCUT2D eigenvalue weighted by molar-refractivity contribution is -0.157. The Morgan fingerprint density at radius 1 is 0.473 bits per heavy atom. The van der Waals surface area contributed by atoms with Crippen LogP contribution in [-0.4, -0.2) is 257 Å². The van der Waals surface area contributed by atoms with Crippen LogP contribution in [0.5, 0.6) is 0 Å². The first kappa shape index (κ1) is 83.2. The molecule has 0 saturated carbocycles. The Hall–Kier alpha value is -5.82. The van der Waals surface area contributed by atoms with Crippen molar-refractivity contribution in [3.8, 4) is 0 Å². The maximum atomic E-state index is 15.3. The molecule has 0 radical (unpaired) electrons. The van der Waals surface area contributed by atoms with E-state index in [4.69, 9.17) is 0 Å². The van der Waals surface area contributed by atoms with E-state index in [1.807, 2.05) is 87.4 Å². The zero-order valence-corrected chi connectivity index (χ0v) is 61.0. The number of rotatable bonds is 19. The first-order valence-corrected chi connectivity index (χ1v) is 33.7. The molecular weight excluding hydrogens is 1180 g/mol. The monoisotopic (exact) mass is 1300 g/mol. The predicted molar refractivity (Wildman–Crippen MR) is 358 cm³/mol. The van der Waals surface area contributed by atoms with E-state index in [1.54, 1.807) is 47.6 Å². The van der Waals surface area contributed by atoms with E-state index in [0.717, 1.165) is 16.7 Å². The van der Waals surface area contributed by atoms with Crippen molar-refractivity contribution in [3.05, 3.63) is 12.2 Å². The lowest BCUT2D eigenvalue weighted by Crippen LogP contribution is -2.64. The minimum atomic E-state index is -1.63. The summed E-state index contributed by atoms with van der Waals surface area (Å²) in [7, 11) is 13.8. The van der Waals surface area contributed by atoms with Gasteiger partial charge in [-0.15, -0.1) is 11.8 Å². The van der Waals surface area contributed by atoms with Crippen LogP contribution in [0.2, 0.25) is 0 Å². The molecule has 1 rings (SSSR count). The second kappa shape index (κ2) is 38.4. The maximum Gasteiger partial charge on any atom is 0.256 e. The molecule has 1 saturated heterocycles. The Balaban J connectivity index is 4.52. The SMILES string of the molecule is CC=CC[C@@H](C)[C@@H](O)[C@H]1C(=O)N[C@@H](CC)C(=O)N(C)[C@@H](SCCN(C)C)C(=O)N(C)[C@@H](CC(C)C)C(=O)N[C@@H](C(C)C)C(=O)N(C)[C@@H](CC(C)C)C(=O)N[C@@H](C)C(=O)N[C@H](C)C(=O)N(C)[C@@H](CC(C)C)C(=O)N(C)[C@@H](CC(C)C)C(=O)N(C)[C@@H](C(C)C)C(=O)N1C. The summed E-state index contributed by atoms with van der Waals surface area (Å²) in [5.41, 5.74) is 0. The lowest BCUT2D eigenvalue weighted by atomic mass is 9.91. The number of aliphatic hydroxyl groups is 1. The molecule has 1 heterocycles. The number of nitrogens with zero attached hydrogens (tertiary/aromatic N) is 8. The number of carbonyl (C=O) groups excluding carboxylic acids is 11. The van der Waals surface area contributed by atoms with Crippen molar-refractivity contribution in [3.63, 3.8) is 0 Å². The molecule has 1 aliphatic rings. The van der Waals surface area contributed by atoms with Crippen LogP contribution < -0.4 is 21.3 Å². The summed E-state index contributed by atoms with van der Waals surface area (Å²) in [6, 6.07) is -12.5. The molecule has 91 heavy (non-hydrogen) atoms. The van der Waals surface area contributed by atoms with Crippen molar-refractivity contribution < 1.29 is 57.8 Å². The first-order chi connectivity index (χ1) is 42.0. The number of likely N-dealkylation sites (N-methyl/N-ethyl adjacent to an activating group) is 7. The molecule has 1 aliphatic heterocycles. The summed E-state index contributed by atoms with van der Waals surface area (Å²) in [4.78, 5) is 174. The van der Waals surface area contributed by atoms with Gasteiger partial charge in [-0.3, -0.25) is 52.7 Å². The topological polar surface area (TPSA) is 282 Å². The highest BCUT2D eigenvalue weighted by atomic mass is 32.2. The molecule has 1 fully saturated rings. The highest BCUT2D eigenvalue weighted by Crippen LogP contribution is 2.27. The van der Waals surface area contributed by atoms with E-state index in [1.165, 1.54) is 92.6 Å². The van der Waals surface area contributed by atoms with Gasteiger partial charge in [0.25, 0.3) is 5.91 Å². The number of allylic oxidation sites excluding steroid dienone is 2. The highest BCUT2D eigenvalue weighted by Gasteiger charge is 2.46. The van der Waals surface area contributed by atoms with Gasteiger partial charge in [-0.2, -0.15) is 0 Å². The first-order valence-electron chi connectivity index (χ1n) is 32.7.